The molecule has 1 heteroatoms. The molecule has 0 fully saturated rings. The minimum absolute atomic E-state index is 0.423. The van der Waals surface area contributed by atoms with Crippen molar-refractivity contribution in [3.63, 3.8) is 0 Å². The zero-order chi connectivity index (χ0) is 14.6. The molecule has 1 nitrogen and oxygen atoms in total. The van der Waals surface area contributed by atoms with Gasteiger partial charge in [0.2, 0.25) is 0 Å². The molecule has 21 heavy (non-hydrogen) atoms. The molecule has 0 aromatic heterocycles. The molecule has 0 atom stereocenters. The maximum atomic E-state index is 11.8. The monoisotopic (exact) mass is 276 g/mol. The van der Waals surface area contributed by atoms with Crippen molar-refractivity contribution in [1.29, 1.82) is 0 Å². The van der Waals surface area contributed by atoms with Crippen molar-refractivity contribution < 1.29 is 4.79 Å². The summed E-state index contributed by atoms with van der Waals surface area (Å²) in [7, 11) is 0. The second-order valence-corrected chi connectivity index (χ2v) is 6.45. The van der Waals surface area contributed by atoms with Gasteiger partial charge in [-0.25, -0.2) is 0 Å². The summed E-state index contributed by atoms with van der Waals surface area (Å²) < 4.78 is 0. The number of hydrogen-bond donors (Lipinski definition) is 0. The molecule has 0 N–H and O–H groups in total. The maximum Gasteiger partial charge on any atom is 0.137 e. The number of rotatable bonds is 0. The minimum Gasteiger partial charge on any atom is -0.299 e. The normalized spacial score (nSPS) is 17.9. The third kappa shape index (κ3) is 1.80. The first-order valence-electron chi connectivity index (χ1n) is 7.90. The Morgan fingerprint density at radius 3 is 2.33 bits per heavy atom. The molecule has 2 aromatic carbocycles. The van der Waals surface area contributed by atoms with Crippen molar-refractivity contribution in [1.82, 2.24) is 0 Å². The van der Waals surface area contributed by atoms with Gasteiger partial charge in [-0.2, -0.15) is 0 Å². The van der Waals surface area contributed by atoms with E-state index >= 15 is 0 Å². The fraction of sp³-hybridized carbons (Fsp3) is 0.350. The molecule has 0 amide bonds. The molecule has 0 spiro atoms. The Labute approximate surface area is 125 Å². The van der Waals surface area contributed by atoms with Crippen molar-refractivity contribution in [3.05, 3.63) is 52.1 Å². The van der Waals surface area contributed by atoms with Gasteiger partial charge in [0, 0.05) is 12.8 Å². The zero-order valence-corrected chi connectivity index (χ0v) is 12.8. The third-order valence-electron chi connectivity index (χ3n) is 5.33. The average Bonchev–Trinajstić information content (AvgIpc) is 2.51. The maximum absolute atomic E-state index is 11.8. The number of fused-ring (bicyclic) bond motifs is 3. The lowest BCUT2D eigenvalue weighted by atomic mass is 9.74. The van der Waals surface area contributed by atoms with E-state index < -0.39 is 0 Å². The van der Waals surface area contributed by atoms with Crippen LogP contribution in [-0.4, -0.2) is 5.78 Å². The predicted molar refractivity (Wildman–Crippen MR) is 87.5 cm³/mol. The quantitative estimate of drug-likeness (QED) is 0.668. The fourth-order valence-corrected chi connectivity index (χ4v) is 4.26. The Morgan fingerprint density at radius 2 is 1.57 bits per heavy atom. The highest BCUT2D eigenvalue weighted by atomic mass is 16.1. The summed E-state index contributed by atoms with van der Waals surface area (Å²) in [6.45, 7) is 4.52. The topological polar surface area (TPSA) is 17.1 Å². The third-order valence-corrected chi connectivity index (χ3v) is 5.33. The Kier molecular flexibility index (Phi) is 2.78. The molecule has 0 aliphatic heterocycles. The van der Waals surface area contributed by atoms with Gasteiger partial charge in [0.05, 0.1) is 0 Å². The summed E-state index contributed by atoms with van der Waals surface area (Å²) in [5.74, 6) is 0.423. The summed E-state index contributed by atoms with van der Waals surface area (Å²) in [5, 5.41) is 2.77. The Morgan fingerprint density at radius 1 is 0.857 bits per heavy atom. The van der Waals surface area contributed by atoms with E-state index in [-0.39, 0.29) is 0 Å². The van der Waals surface area contributed by atoms with Crippen molar-refractivity contribution in [2.45, 2.75) is 46.0 Å². The molecule has 0 saturated heterocycles. The molecule has 4 rings (SSSR count). The largest absolute Gasteiger partial charge is 0.299 e. The fourth-order valence-electron chi connectivity index (χ4n) is 4.26. The Hall–Kier alpha value is -1.89. The summed E-state index contributed by atoms with van der Waals surface area (Å²) in [6.07, 6.45) is 4.54. The number of carbonyl (C=O) groups excluding carboxylic acids is 1. The second kappa shape index (κ2) is 4.56. The zero-order valence-electron chi connectivity index (χ0n) is 12.8. The number of allylic oxidation sites excluding steroid dienone is 2. The van der Waals surface area contributed by atoms with Crippen LogP contribution in [0, 0.1) is 13.8 Å². The molecule has 0 bridgehead atoms. The van der Waals surface area contributed by atoms with Gasteiger partial charge >= 0.3 is 0 Å². The first kappa shape index (κ1) is 12.8. The van der Waals surface area contributed by atoms with E-state index in [0.29, 0.717) is 12.2 Å². The molecule has 0 radical (unpaired) electrons. The van der Waals surface area contributed by atoms with Crippen molar-refractivity contribution in [2.24, 2.45) is 0 Å². The van der Waals surface area contributed by atoms with Gasteiger partial charge in [0.25, 0.3) is 0 Å². The van der Waals surface area contributed by atoms with E-state index in [1.54, 1.807) is 0 Å². The Balaban J connectivity index is 2.06. The minimum atomic E-state index is 0.423. The van der Waals surface area contributed by atoms with Crippen LogP contribution in [0.25, 0.3) is 16.3 Å². The summed E-state index contributed by atoms with van der Waals surface area (Å²) >= 11 is 0. The van der Waals surface area contributed by atoms with Gasteiger partial charge in [-0.3, -0.25) is 4.79 Å². The average molecular weight is 276 g/mol. The molecule has 0 heterocycles. The predicted octanol–water partition coefficient (Wildman–Crippen LogP) is 4.91. The van der Waals surface area contributed by atoms with Gasteiger partial charge in [0.15, 0.2) is 0 Å². The highest BCUT2D eigenvalue weighted by molar-refractivity contribution is 5.98. The van der Waals surface area contributed by atoms with Gasteiger partial charge < -0.3 is 0 Å². The molecule has 0 saturated carbocycles. The molecular formula is C20H20O. The first-order valence-corrected chi connectivity index (χ1v) is 7.90. The highest BCUT2D eigenvalue weighted by Gasteiger charge is 2.27. The van der Waals surface area contributed by atoms with E-state index in [1.165, 1.54) is 44.2 Å². The first-order chi connectivity index (χ1) is 10.2. The van der Waals surface area contributed by atoms with Crippen LogP contribution in [0.1, 0.15) is 47.9 Å². The van der Waals surface area contributed by atoms with Crippen molar-refractivity contribution >= 4 is 22.1 Å². The van der Waals surface area contributed by atoms with Crippen molar-refractivity contribution in [3.8, 4) is 0 Å². The number of ketones is 1. The van der Waals surface area contributed by atoms with Crippen molar-refractivity contribution in [2.75, 3.05) is 0 Å². The molecule has 106 valence electrons. The molecule has 2 aromatic rings. The second-order valence-electron chi connectivity index (χ2n) is 6.45. The number of aryl methyl sites for hydroxylation is 2. The smallest absolute Gasteiger partial charge is 0.137 e. The van der Waals surface area contributed by atoms with Crippen LogP contribution in [0.5, 0.6) is 0 Å². The van der Waals surface area contributed by atoms with Gasteiger partial charge in [-0.05, 0) is 71.7 Å². The SMILES string of the molecule is Cc1c2c(c(C)c3ccccc13)C1=C(CC2)CC(=O)CC1. The standard InChI is InChI=1S/C20H20O/c1-12-16-5-3-4-6-17(16)13(2)20-18(12)9-7-14-11-15(21)8-10-19(14)20/h3-6H,7-11H2,1-2H3. The lowest BCUT2D eigenvalue weighted by Gasteiger charge is -2.30. The number of hydrogen-bond acceptors (Lipinski definition) is 1. The summed E-state index contributed by atoms with van der Waals surface area (Å²) in [5.41, 5.74) is 8.75. The van der Waals surface area contributed by atoms with Crippen LogP contribution in [0.15, 0.2) is 29.8 Å². The van der Waals surface area contributed by atoms with E-state index in [9.17, 15) is 4.79 Å². The van der Waals surface area contributed by atoms with Crippen LogP contribution in [0.4, 0.5) is 0 Å². The summed E-state index contributed by atoms with van der Waals surface area (Å²) in [4.78, 5) is 11.8. The van der Waals surface area contributed by atoms with Crippen LogP contribution >= 0.6 is 0 Å². The van der Waals surface area contributed by atoms with E-state index in [2.05, 4.69) is 38.1 Å². The summed E-state index contributed by atoms with van der Waals surface area (Å²) in [6, 6.07) is 8.74. The van der Waals surface area contributed by atoms with E-state index in [1.807, 2.05) is 0 Å². The number of Topliss-reactive ketones (excluding diaryl/α,β-unsaturated/α-hetero) is 1. The van der Waals surface area contributed by atoms with Gasteiger partial charge in [-0.1, -0.05) is 29.8 Å². The van der Waals surface area contributed by atoms with Crippen LogP contribution in [-0.2, 0) is 11.2 Å². The van der Waals surface area contributed by atoms with Crippen LogP contribution < -0.4 is 0 Å². The van der Waals surface area contributed by atoms with E-state index in [4.69, 9.17) is 0 Å². The number of carbonyl (C=O) groups is 1. The number of benzene rings is 2. The lowest BCUT2D eigenvalue weighted by molar-refractivity contribution is -0.118. The molecule has 0 unspecified atom stereocenters. The Bertz CT molecular complexity index is 808. The molecule has 2 aliphatic carbocycles. The molecule has 2 aliphatic rings. The van der Waals surface area contributed by atoms with Crippen LogP contribution in [0.3, 0.4) is 0 Å². The highest BCUT2D eigenvalue weighted by Crippen LogP contribution is 2.44. The lowest BCUT2D eigenvalue weighted by Crippen LogP contribution is -2.16. The van der Waals surface area contributed by atoms with Crippen LogP contribution in [0.2, 0.25) is 0 Å². The van der Waals surface area contributed by atoms with Gasteiger partial charge in [-0.15, -0.1) is 0 Å². The molecular weight excluding hydrogens is 256 g/mol. The van der Waals surface area contributed by atoms with Gasteiger partial charge in [0.1, 0.15) is 5.78 Å². The van der Waals surface area contributed by atoms with E-state index in [0.717, 1.165) is 25.7 Å².